The number of benzene rings is 3. The van der Waals surface area contributed by atoms with E-state index in [1.54, 1.807) is 29.1 Å². The van der Waals surface area contributed by atoms with E-state index < -0.39 is 11.9 Å². The van der Waals surface area contributed by atoms with E-state index in [1.807, 2.05) is 55.6 Å². The van der Waals surface area contributed by atoms with E-state index in [-0.39, 0.29) is 30.7 Å². The van der Waals surface area contributed by atoms with Crippen molar-refractivity contribution in [2.45, 2.75) is 32.0 Å². The minimum Gasteiger partial charge on any atom is -0.348 e. The maximum atomic E-state index is 13.1. The van der Waals surface area contributed by atoms with E-state index in [9.17, 15) is 19.2 Å². The molecule has 6 rings (SSSR count). The van der Waals surface area contributed by atoms with Crippen molar-refractivity contribution in [2.24, 2.45) is 7.05 Å². The Kier molecular flexibility index (Phi) is 6.88. The Labute approximate surface area is 241 Å². The molecule has 4 amide bonds. The molecule has 206 valence electrons. The van der Waals surface area contributed by atoms with E-state index in [0.29, 0.717) is 29.1 Å². The first-order valence-corrected chi connectivity index (χ1v) is 13.6. The molecule has 3 heterocycles. The summed E-state index contributed by atoms with van der Waals surface area (Å²) in [6.45, 7) is 0.675. The molecule has 9 nitrogen and oxygen atoms in total. The standard InChI is InChI=1S/C31H26ClN5O4/c1-36-28(20-8-10-23(25(32)14-20)29(39)33-15-18-5-3-2-4-6-18)24(16-34-36)19-7-9-22-21(13-19)17-37(31(22)41)26-11-12-27(38)35-30(26)40/h2-10,13-14,16,26H,11-12,15,17H2,1H3,(H,33,39)(H,35,38,40). The number of carbonyl (C=O) groups excluding carboxylic acids is 4. The van der Waals surface area contributed by atoms with Crippen LogP contribution in [0.4, 0.5) is 0 Å². The summed E-state index contributed by atoms with van der Waals surface area (Å²) in [4.78, 5) is 51.4. The van der Waals surface area contributed by atoms with Gasteiger partial charge in [0.15, 0.2) is 0 Å². The predicted octanol–water partition coefficient (Wildman–Crippen LogP) is 4.10. The summed E-state index contributed by atoms with van der Waals surface area (Å²) in [5, 5.41) is 10.0. The Balaban J connectivity index is 1.24. The summed E-state index contributed by atoms with van der Waals surface area (Å²) >= 11 is 6.59. The Morgan fingerprint density at radius 1 is 1.02 bits per heavy atom. The summed E-state index contributed by atoms with van der Waals surface area (Å²) in [6.07, 6.45) is 2.27. The summed E-state index contributed by atoms with van der Waals surface area (Å²) in [5.74, 6) is -1.24. The normalized spacial score (nSPS) is 16.5. The van der Waals surface area contributed by atoms with Crippen LogP contribution in [0.2, 0.25) is 5.02 Å². The second-order valence-electron chi connectivity index (χ2n) is 10.2. The summed E-state index contributed by atoms with van der Waals surface area (Å²) < 4.78 is 1.74. The number of fused-ring (bicyclic) bond motifs is 1. The number of nitrogens with one attached hydrogen (secondary N) is 2. The van der Waals surface area contributed by atoms with Gasteiger partial charge in [-0.3, -0.25) is 29.2 Å². The number of imide groups is 1. The molecule has 0 bridgehead atoms. The molecular formula is C31H26ClN5O4. The van der Waals surface area contributed by atoms with Crippen LogP contribution >= 0.6 is 11.6 Å². The molecule has 2 aliphatic heterocycles. The van der Waals surface area contributed by atoms with Gasteiger partial charge < -0.3 is 10.2 Å². The fourth-order valence-corrected chi connectivity index (χ4v) is 5.72. The molecule has 1 unspecified atom stereocenters. The molecule has 0 radical (unpaired) electrons. The Morgan fingerprint density at radius 2 is 1.80 bits per heavy atom. The number of piperidine rings is 1. The van der Waals surface area contributed by atoms with E-state index in [1.165, 1.54) is 4.90 Å². The van der Waals surface area contributed by atoms with Gasteiger partial charge in [-0.1, -0.05) is 54.1 Å². The Hall–Kier alpha value is -4.76. The molecule has 2 N–H and O–H groups in total. The van der Waals surface area contributed by atoms with Crippen molar-refractivity contribution in [3.05, 3.63) is 100 Å². The monoisotopic (exact) mass is 567 g/mol. The highest BCUT2D eigenvalue weighted by Gasteiger charge is 2.39. The molecule has 0 saturated carbocycles. The predicted molar refractivity (Wildman–Crippen MR) is 153 cm³/mol. The number of carbonyl (C=O) groups is 4. The highest BCUT2D eigenvalue weighted by atomic mass is 35.5. The molecule has 1 atom stereocenters. The number of hydrogen-bond acceptors (Lipinski definition) is 5. The second-order valence-corrected chi connectivity index (χ2v) is 10.6. The third-order valence-corrected chi connectivity index (χ3v) is 7.87. The van der Waals surface area contributed by atoms with Crippen molar-refractivity contribution in [2.75, 3.05) is 0 Å². The first kappa shape index (κ1) is 26.5. The third-order valence-electron chi connectivity index (χ3n) is 7.56. The van der Waals surface area contributed by atoms with Gasteiger partial charge in [-0.2, -0.15) is 5.10 Å². The van der Waals surface area contributed by atoms with Crippen molar-refractivity contribution in [3.8, 4) is 22.4 Å². The van der Waals surface area contributed by atoms with Gasteiger partial charge in [-0.05, 0) is 47.4 Å². The molecule has 10 heteroatoms. The largest absolute Gasteiger partial charge is 0.348 e. The first-order valence-electron chi connectivity index (χ1n) is 13.2. The molecule has 41 heavy (non-hydrogen) atoms. The molecule has 1 saturated heterocycles. The third kappa shape index (κ3) is 5.00. The number of nitrogens with zero attached hydrogens (tertiary/aromatic N) is 3. The number of rotatable bonds is 6. The van der Waals surface area contributed by atoms with E-state index in [0.717, 1.165) is 33.5 Å². The van der Waals surface area contributed by atoms with Crippen LogP contribution in [-0.4, -0.2) is 44.4 Å². The van der Waals surface area contributed by atoms with Gasteiger partial charge in [0.2, 0.25) is 11.8 Å². The molecule has 1 aromatic heterocycles. The lowest BCUT2D eigenvalue weighted by atomic mass is 9.97. The van der Waals surface area contributed by atoms with Crippen LogP contribution in [0.3, 0.4) is 0 Å². The minimum atomic E-state index is -0.671. The van der Waals surface area contributed by atoms with E-state index in [2.05, 4.69) is 15.7 Å². The lowest BCUT2D eigenvalue weighted by molar-refractivity contribution is -0.136. The Bertz CT molecular complexity index is 1710. The SMILES string of the molecule is Cn1ncc(-c2ccc3c(c2)CN(C2CCC(=O)NC2=O)C3=O)c1-c1ccc(C(=O)NCc2ccccc2)c(Cl)c1. The smallest absolute Gasteiger partial charge is 0.255 e. The Morgan fingerprint density at radius 3 is 2.56 bits per heavy atom. The molecule has 2 aliphatic rings. The van der Waals surface area contributed by atoms with Crippen LogP contribution < -0.4 is 10.6 Å². The minimum absolute atomic E-state index is 0.205. The molecule has 4 aromatic rings. The maximum Gasteiger partial charge on any atom is 0.255 e. The average molecular weight is 568 g/mol. The number of halogens is 1. The van der Waals surface area contributed by atoms with Crippen LogP contribution in [0, 0.1) is 0 Å². The van der Waals surface area contributed by atoms with Gasteiger partial charge in [-0.25, -0.2) is 0 Å². The van der Waals surface area contributed by atoms with Crippen molar-refractivity contribution >= 4 is 35.2 Å². The lowest BCUT2D eigenvalue weighted by Crippen LogP contribution is -2.52. The van der Waals surface area contributed by atoms with E-state index >= 15 is 0 Å². The second kappa shape index (κ2) is 10.7. The topological polar surface area (TPSA) is 113 Å². The van der Waals surface area contributed by atoms with Crippen LogP contribution in [0.5, 0.6) is 0 Å². The highest BCUT2D eigenvalue weighted by molar-refractivity contribution is 6.34. The fourth-order valence-electron chi connectivity index (χ4n) is 5.45. The van der Waals surface area contributed by atoms with Crippen LogP contribution in [-0.2, 0) is 29.7 Å². The van der Waals surface area contributed by atoms with Gasteiger partial charge in [0, 0.05) is 43.2 Å². The van der Waals surface area contributed by atoms with Crippen LogP contribution in [0.1, 0.15) is 44.7 Å². The molecular weight excluding hydrogens is 542 g/mol. The zero-order valence-electron chi connectivity index (χ0n) is 22.2. The van der Waals surface area contributed by atoms with Gasteiger partial charge in [-0.15, -0.1) is 0 Å². The van der Waals surface area contributed by atoms with Crippen molar-refractivity contribution in [3.63, 3.8) is 0 Å². The fraction of sp³-hybridized carbons (Fsp3) is 0.194. The zero-order chi connectivity index (χ0) is 28.7. The van der Waals surface area contributed by atoms with Gasteiger partial charge in [0.05, 0.1) is 22.5 Å². The number of amides is 4. The number of hydrogen-bond donors (Lipinski definition) is 2. The molecule has 0 spiro atoms. The maximum absolute atomic E-state index is 13.1. The molecule has 3 aromatic carbocycles. The average Bonchev–Trinajstić information content (AvgIpc) is 3.51. The van der Waals surface area contributed by atoms with Crippen LogP contribution in [0.15, 0.2) is 72.9 Å². The van der Waals surface area contributed by atoms with E-state index in [4.69, 9.17) is 11.6 Å². The highest BCUT2D eigenvalue weighted by Crippen LogP contribution is 2.36. The summed E-state index contributed by atoms with van der Waals surface area (Å²) in [6, 6.07) is 19.8. The van der Waals surface area contributed by atoms with Gasteiger partial charge in [0.25, 0.3) is 11.8 Å². The van der Waals surface area contributed by atoms with Gasteiger partial charge >= 0.3 is 0 Å². The lowest BCUT2D eigenvalue weighted by Gasteiger charge is -2.29. The summed E-state index contributed by atoms with van der Waals surface area (Å²) in [7, 11) is 1.83. The quantitative estimate of drug-likeness (QED) is 0.341. The molecule has 1 fully saturated rings. The number of aromatic nitrogens is 2. The van der Waals surface area contributed by atoms with Gasteiger partial charge in [0.1, 0.15) is 6.04 Å². The van der Waals surface area contributed by atoms with Crippen molar-refractivity contribution in [1.82, 2.24) is 25.3 Å². The zero-order valence-corrected chi connectivity index (χ0v) is 22.9. The molecule has 0 aliphatic carbocycles. The van der Waals surface area contributed by atoms with Crippen molar-refractivity contribution < 1.29 is 19.2 Å². The van der Waals surface area contributed by atoms with Crippen molar-refractivity contribution in [1.29, 1.82) is 0 Å². The number of aryl methyl sites for hydroxylation is 1. The van der Waals surface area contributed by atoms with Crippen LogP contribution in [0.25, 0.3) is 22.4 Å². The first-order chi connectivity index (χ1) is 19.8. The summed E-state index contributed by atoms with van der Waals surface area (Å²) in [5.41, 5.74) is 5.98.